The number of hydrogen-bond acceptors (Lipinski definition) is 7. The molecule has 1 aliphatic carbocycles. The van der Waals surface area contributed by atoms with Crippen molar-refractivity contribution < 1.29 is 28.0 Å². The molecule has 0 spiro atoms. The summed E-state index contributed by atoms with van der Waals surface area (Å²) in [4.78, 5) is 65.7. The zero-order valence-electron chi connectivity index (χ0n) is 28.7. The molecule has 0 radical (unpaired) electrons. The Morgan fingerprint density at radius 1 is 1.00 bits per heavy atom. The van der Waals surface area contributed by atoms with Crippen LogP contribution < -0.4 is 27.4 Å². The van der Waals surface area contributed by atoms with Crippen molar-refractivity contribution in [2.45, 2.75) is 70.8 Å². The predicted molar refractivity (Wildman–Crippen MR) is 191 cm³/mol. The lowest BCUT2D eigenvalue weighted by molar-refractivity contribution is -0.130. The molecule has 6 rings (SSSR count). The van der Waals surface area contributed by atoms with E-state index in [2.05, 4.69) is 20.9 Å². The molecule has 6 N–H and O–H groups in total. The maximum Gasteiger partial charge on any atom is 0.417 e. The second-order valence-corrected chi connectivity index (χ2v) is 13.9. The zero-order valence-corrected chi connectivity index (χ0v) is 28.7. The molecule has 0 bridgehead atoms. The van der Waals surface area contributed by atoms with Gasteiger partial charge in [0, 0.05) is 48.5 Å². The first-order valence-electron chi connectivity index (χ1n) is 17.7. The van der Waals surface area contributed by atoms with Gasteiger partial charge in [0.05, 0.1) is 5.52 Å². The molecule has 11 nitrogen and oxygen atoms in total. The largest absolute Gasteiger partial charge is 0.417 e. The summed E-state index contributed by atoms with van der Waals surface area (Å²) in [6.07, 6.45) is 5.87. The van der Waals surface area contributed by atoms with Crippen molar-refractivity contribution in [2.75, 3.05) is 18.4 Å². The molecule has 1 aromatic heterocycles. The van der Waals surface area contributed by atoms with Crippen LogP contribution >= 0.6 is 0 Å². The maximum absolute atomic E-state index is 14.6. The van der Waals surface area contributed by atoms with Gasteiger partial charge in [-0.25, -0.2) is 9.18 Å². The number of fused-ring (bicyclic) bond motifs is 1. The van der Waals surface area contributed by atoms with E-state index in [1.807, 2.05) is 49.4 Å². The maximum atomic E-state index is 14.6. The summed E-state index contributed by atoms with van der Waals surface area (Å²) in [5.41, 5.74) is 10.1. The number of benzene rings is 3. The summed E-state index contributed by atoms with van der Waals surface area (Å²) >= 11 is 0. The number of ketones is 1. The van der Waals surface area contributed by atoms with Crippen LogP contribution in [0.25, 0.3) is 22.2 Å². The number of hydrogen-bond donors (Lipinski definition) is 5. The topological polar surface area (TPSA) is 176 Å². The number of rotatable bonds is 13. The fourth-order valence-corrected chi connectivity index (χ4v) is 7.27. The normalized spacial score (nSPS) is 19.4. The molecule has 1 saturated carbocycles. The lowest BCUT2D eigenvalue weighted by Gasteiger charge is -2.28. The summed E-state index contributed by atoms with van der Waals surface area (Å²) < 4.78 is 19.5. The van der Waals surface area contributed by atoms with Crippen LogP contribution in [0.5, 0.6) is 0 Å². The minimum Gasteiger partial charge on any atom is -0.405 e. The third kappa shape index (κ3) is 8.62. The van der Waals surface area contributed by atoms with Crippen LogP contribution in [-0.2, 0) is 20.8 Å². The quantitative estimate of drug-likeness (QED) is 0.120. The minimum atomic E-state index is -0.965. The summed E-state index contributed by atoms with van der Waals surface area (Å²) in [6, 6.07) is 14.8. The molecule has 51 heavy (non-hydrogen) atoms. The van der Waals surface area contributed by atoms with E-state index in [1.54, 1.807) is 0 Å². The molecular formula is C39H44FN5O6. The standard InChI is InChI=1S/C39H44FN5O6/c1-22-17-28(34(46)4-2-3-26-15-16-42-36(26)47)13-14-30(22)25-9-5-23(6-10-25)18-33(44-37(48)27-11-7-24(21-41)8-12-27)38(49)43-29-19-31(40)35-32(20-29)45-39(50)51-35/h5-6,9-10,13-14,17,19-20,24,26-27,33H,2-4,7-8,11-12,15-16,18,21,41H2,1H3,(H,42,47)(H,43,49)(H,44,48)(H,45,50). The zero-order chi connectivity index (χ0) is 36.1. The molecule has 4 aromatic rings. The Kier molecular flexibility index (Phi) is 11.1. The van der Waals surface area contributed by atoms with Crippen molar-refractivity contribution in [1.82, 2.24) is 15.6 Å². The number of amides is 3. The Hall–Kier alpha value is -5.10. The van der Waals surface area contributed by atoms with Gasteiger partial charge in [0.25, 0.3) is 0 Å². The SMILES string of the molecule is Cc1cc(C(=O)CCCC2CCNC2=O)ccc1-c1ccc(CC(NC(=O)C2CCC(CN)CC2)C(=O)Nc2cc(F)c3oc(=O)[nH]c3c2)cc1. The van der Waals surface area contributed by atoms with Gasteiger partial charge in [0.1, 0.15) is 6.04 Å². The van der Waals surface area contributed by atoms with Gasteiger partial charge in [0.15, 0.2) is 17.2 Å². The van der Waals surface area contributed by atoms with Gasteiger partial charge in [-0.3, -0.25) is 24.2 Å². The van der Waals surface area contributed by atoms with E-state index >= 15 is 0 Å². The number of H-pyrrole nitrogens is 1. The Balaban J connectivity index is 1.14. The predicted octanol–water partition coefficient (Wildman–Crippen LogP) is 5.16. The van der Waals surface area contributed by atoms with Gasteiger partial charge in [-0.05, 0) is 98.7 Å². The highest BCUT2D eigenvalue weighted by molar-refractivity contribution is 5.99. The van der Waals surface area contributed by atoms with Crippen molar-refractivity contribution in [1.29, 1.82) is 0 Å². The molecule has 268 valence electrons. The second kappa shape index (κ2) is 15.8. The first kappa shape index (κ1) is 35.7. The van der Waals surface area contributed by atoms with E-state index in [-0.39, 0.29) is 52.6 Å². The molecule has 12 heteroatoms. The van der Waals surface area contributed by atoms with Crippen LogP contribution in [-0.4, -0.2) is 47.6 Å². The number of halogens is 1. The lowest BCUT2D eigenvalue weighted by Crippen LogP contribution is -2.48. The van der Waals surface area contributed by atoms with Crippen molar-refractivity contribution >= 4 is 40.3 Å². The smallest absolute Gasteiger partial charge is 0.405 e. The van der Waals surface area contributed by atoms with Crippen molar-refractivity contribution in [3.05, 3.63) is 87.7 Å². The number of nitrogens with two attached hydrogens (primary N) is 1. The molecule has 3 aromatic carbocycles. The first-order valence-corrected chi connectivity index (χ1v) is 17.7. The van der Waals surface area contributed by atoms with Gasteiger partial charge < -0.3 is 26.1 Å². The molecular weight excluding hydrogens is 653 g/mol. The fourth-order valence-electron chi connectivity index (χ4n) is 7.27. The number of carbonyl (C=O) groups is 4. The van der Waals surface area contributed by atoms with Crippen LogP contribution in [0.1, 0.15) is 72.9 Å². The summed E-state index contributed by atoms with van der Waals surface area (Å²) in [5.74, 6) is -2.07. The summed E-state index contributed by atoms with van der Waals surface area (Å²) in [5, 5.41) is 8.48. The number of anilines is 1. The third-order valence-corrected chi connectivity index (χ3v) is 10.3. The molecule has 1 saturated heterocycles. The summed E-state index contributed by atoms with van der Waals surface area (Å²) in [7, 11) is 0. The van der Waals surface area contributed by atoms with E-state index in [0.29, 0.717) is 56.7 Å². The highest BCUT2D eigenvalue weighted by Crippen LogP contribution is 2.29. The average Bonchev–Trinajstić information content (AvgIpc) is 3.72. The average molecular weight is 698 g/mol. The molecule has 2 atom stereocenters. The minimum absolute atomic E-state index is 0.00226. The van der Waals surface area contributed by atoms with Gasteiger partial charge in [0.2, 0.25) is 17.7 Å². The number of carbonyl (C=O) groups excluding carboxylic acids is 4. The Bertz CT molecular complexity index is 1980. The van der Waals surface area contributed by atoms with Gasteiger partial charge in [-0.1, -0.05) is 36.4 Å². The fraction of sp³-hybridized carbons (Fsp3) is 0.410. The Morgan fingerprint density at radius 2 is 1.76 bits per heavy atom. The molecule has 2 fully saturated rings. The van der Waals surface area contributed by atoms with Crippen LogP contribution in [0.3, 0.4) is 0 Å². The highest BCUT2D eigenvalue weighted by atomic mass is 19.1. The molecule has 1 aliphatic heterocycles. The number of aromatic amines is 1. The number of aryl methyl sites for hydroxylation is 1. The Labute approximate surface area is 294 Å². The molecule has 3 amide bonds. The van der Waals surface area contributed by atoms with Crippen molar-refractivity contribution in [3.8, 4) is 11.1 Å². The van der Waals surface area contributed by atoms with Gasteiger partial charge in [-0.2, -0.15) is 0 Å². The third-order valence-electron chi connectivity index (χ3n) is 10.3. The van der Waals surface area contributed by atoms with Crippen molar-refractivity contribution in [2.24, 2.45) is 23.5 Å². The number of nitrogens with one attached hydrogen (secondary N) is 4. The number of Topliss-reactive ketones (excluding diaryl/α,β-unsaturated/α-hetero) is 1. The molecule has 2 aliphatic rings. The van der Waals surface area contributed by atoms with E-state index in [1.165, 1.54) is 6.07 Å². The van der Waals surface area contributed by atoms with Gasteiger partial charge >= 0.3 is 5.76 Å². The number of aromatic nitrogens is 1. The van der Waals surface area contributed by atoms with E-state index in [4.69, 9.17) is 10.2 Å². The van der Waals surface area contributed by atoms with Crippen LogP contribution in [0.2, 0.25) is 0 Å². The van der Waals surface area contributed by atoms with E-state index in [9.17, 15) is 28.4 Å². The van der Waals surface area contributed by atoms with Crippen LogP contribution in [0.15, 0.2) is 63.8 Å². The van der Waals surface area contributed by atoms with Crippen LogP contribution in [0, 0.1) is 30.5 Å². The van der Waals surface area contributed by atoms with E-state index in [0.717, 1.165) is 47.6 Å². The van der Waals surface area contributed by atoms with E-state index < -0.39 is 23.5 Å². The second-order valence-electron chi connectivity index (χ2n) is 13.9. The molecule has 2 heterocycles. The Morgan fingerprint density at radius 3 is 2.45 bits per heavy atom. The van der Waals surface area contributed by atoms with Crippen LogP contribution in [0.4, 0.5) is 10.1 Å². The molecule has 2 unspecified atom stereocenters. The lowest BCUT2D eigenvalue weighted by atomic mass is 9.81. The van der Waals surface area contributed by atoms with Crippen molar-refractivity contribution in [3.63, 3.8) is 0 Å². The highest BCUT2D eigenvalue weighted by Gasteiger charge is 2.30. The first-order chi connectivity index (χ1) is 24.6. The number of oxazole rings is 1. The summed E-state index contributed by atoms with van der Waals surface area (Å²) in [6.45, 7) is 3.25. The van der Waals surface area contributed by atoms with Gasteiger partial charge in [-0.15, -0.1) is 0 Å². The monoisotopic (exact) mass is 697 g/mol.